The largest absolute Gasteiger partial charge is 0.457 e. The average molecular weight is 442 g/mol. The highest BCUT2D eigenvalue weighted by Gasteiger charge is 2.32. The van der Waals surface area contributed by atoms with Crippen LogP contribution in [0.1, 0.15) is 28.8 Å². The second-order valence-electron chi connectivity index (χ2n) is 7.72. The lowest BCUT2D eigenvalue weighted by atomic mass is 9.97. The molecule has 1 aromatic heterocycles. The van der Waals surface area contributed by atoms with Crippen LogP contribution in [-0.2, 0) is 15.7 Å². The Hall–Kier alpha value is -3.42. The molecule has 32 heavy (non-hydrogen) atoms. The Morgan fingerprint density at radius 2 is 1.72 bits per heavy atom. The van der Waals surface area contributed by atoms with Gasteiger partial charge in [0.15, 0.2) is 6.61 Å². The zero-order valence-corrected chi connectivity index (χ0v) is 17.1. The molecule has 1 fully saturated rings. The zero-order valence-electron chi connectivity index (χ0n) is 17.1. The molecule has 2 heterocycles. The Morgan fingerprint density at radius 1 is 1.00 bits per heavy atom. The molecule has 1 saturated heterocycles. The van der Waals surface area contributed by atoms with Crippen LogP contribution in [0.3, 0.4) is 0 Å². The van der Waals surface area contributed by atoms with E-state index in [2.05, 4.69) is 4.98 Å². The normalized spacial score (nSPS) is 15.0. The summed E-state index contributed by atoms with van der Waals surface area (Å²) >= 11 is 0. The monoisotopic (exact) mass is 442 g/mol. The first-order valence-electron chi connectivity index (χ1n) is 10.3. The second kappa shape index (κ2) is 8.98. The number of ketones is 1. The number of anilines is 1. The standard InChI is InChI=1S/C24H21F3N2O3/c25-24(26,27)18-8-9-22(28-14-18)29-12-10-17(11-13-29)23(31)32-15-21(30)20-7-3-5-16-4-1-2-6-19(16)20/h1-9,14,17H,10-13,15H2. The Morgan fingerprint density at radius 3 is 2.41 bits per heavy atom. The van der Waals surface area contributed by atoms with Crippen molar-refractivity contribution in [2.75, 3.05) is 24.6 Å². The van der Waals surface area contributed by atoms with Gasteiger partial charge in [0, 0.05) is 24.8 Å². The molecule has 0 unspecified atom stereocenters. The lowest BCUT2D eigenvalue weighted by Gasteiger charge is -2.31. The summed E-state index contributed by atoms with van der Waals surface area (Å²) in [6.07, 6.45) is -2.66. The van der Waals surface area contributed by atoms with Gasteiger partial charge in [0.1, 0.15) is 5.82 Å². The number of carbonyl (C=O) groups excluding carboxylic acids is 2. The van der Waals surface area contributed by atoms with Crippen molar-refractivity contribution in [2.24, 2.45) is 5.92 Å². The summed E-state index contributed by atoms with van der Waals surface area (Å²) < 4.78 is 43.4. The fourth-order valence-corrected chi connectivity index (χ4v) is 3.89. The molecule has 166 valence electrons. The highest BCUT2D eigenvalue weighted by molar-refractivity contribution is 6.09. The van der Waals surface area contributed by atoms with Gasteiger partial charge in [0.25, 0.3) is 0 Å². The molecule has 0 saturated carbocycles. The summed E-state index contributed by atoms with van der Waals surface area (Å²) in [6.45, 7) is 0.609. The molecule has 8 heteroatoms. The predicted octanol–water partition coefficient (Wildman–Crippen LogP) is 4.90. The van der Waals surface area contributed by atoms with Gasteiger partial charge in [-0.1, -0.05) is 42.5 Å². The van der Waals surface area contributed by atoms with E-state index in [1.54, 1.807) is 12.1 Å². The first kappa shape index (κ1) is 21.8. The maximum Gasteiger partial charge on any atom is 0.417 e. The molecule has 1 aliphatic rings. The topological polar surface area (TPSA) is 59.5 Å². The highest BCUT2D eigenvalue weighted by atomic mass is 19.4. The van der Waals surface area contributed by atoms with Gasteiger partial charge >= 0.3 is 12.1 Å². The van der Waals surface area contributed by atoms with Crippen molar-refractivity contribution in [3.8, 4) is 0 Å². The number of fused-ring (bicyclic) bond motifs is 1. The van der Waals surface area contributed by atoms with Gasteiger partial charge in [-0.05, 0) is 35.7 Å². The number of pyridine rings is 1. The van der Waals surface area contributed by atoms with Crippen molar-refractivity contribution >= 4 is 28.3 Å². The summed E-state index contributed by atoms with van der Waals surface area (Å²) in [6, 6.07) is 15.3. The van der Waals surface area contributed by atoms with E-state index in [0.29, 0.717) is 37.3 Å². The third-order valence-electron chi connectivity index (χ3n) is 5.66. The minimum Gasteiger partial charge on any atom is -0.457 e. The Labute approximate surface area is 182 Å². The Kier molecular flexibility index (Phi) is 6.12. The van der Waals surface area contributed by atoms with E-state index < -0.39 is 17.7 Å². The van der Waals surface area contributed by atoms with E-state index >= 15 is 0 Å². The number of aromatic nitrogens is 1. The van der Waals surface area contributed by atoms with Crippen LogP contribution in [0.2, 0.25) is 0 Å². The van der Waals surface area contributed by atoms with Crippen LogP contribution >= 0.6 is 0 Å². The zero-order chi connectivity index (χ0) is 22.7. The smallest absolute Gasteiger partial charge is 0.417 e. The van der Waals surface area contributed by atoms with E-state index in [9.17, 15) is 22.8 Å². The third kappa shape index (κ3) is 4.74. The number of piperidine rings is 1. The van der Waals surface area contributed by atoms with Crippen LogP contribution in [0, 0.1) is 5.92 Å². The van der Waals surface area contributed by atoms with E-state index in [1.807, 2.05) is 35.2 Å². The van der Waals surface area contributed by atoms with Crippen LogP contribution in [0.25, 0.3) is 10.8 Å². The lowest BCUT2D eigenvalue weighted by molar-refractivity contribution is -0.148. The van der Waals surface area contributed by atoms with Crippen LogP contribution in [0.15, 0.2) is 60.8 Å². The molecular weight excluding hydrogens is 421 g/mol. The number of hydrogen-bond acceptors (Lipinski definition) is 5. The number of rotatable bonds is 5. The first-order valence-corrected chi connectivity index (χ1v) is 10.3. The summed E-state index contributed by atoms with van der Waals surface area (Å²) in [4.78, 5) is 30.8. The van der Waals surface area contributed by atoms with Gasteiger partial charge in [-0.2, -0.15) is 13.2 Å². The van der Waals surface area contributed by atoms with Gasteiger partial charge in [-0.25, -0.2) is 4.98 Å². The number of nitrogens with zero attached hydrogens (tertiary/aromatic N) is 2. The van der Waals surface area contributed by atoms with Crippen LogP contribution in [0.5, 0.6) is 0 Å². The number of carbonyl (C=O) groups is 2. The van der Waals surface area contributed by atoms with Gasteiger partial charge in [0.05, 0.1) is 11.5 Å². The molecule has 0 radical (unpaired) electrons. The minimum atomic E-state index is -4.42. The molecular formula is C24H21F3N2O3. The molecule has 0 amide bonds. The molecule has 0 spiro atoms. The van der Waals surface area contributed by atoms with E-state index in [1.165, 1.54) is 6.07 Å². The molecule has 0 N–H and O–H groups in total. The Bertz CT molecular complexity index is 1120. The van der Waals surface area contributed by atoms with E-state index in [4.69, 9.17) is 4.74 Å². The number of alkyl halides is 3. The van der Waals surface area contributed by atoms with Crippen molar-refractivity contribution in [3.63, 3.8) is 0 Å². The number of ether oxygens (including phenoxy) is 1. The molecule has 1 aliphatic heterocycles. The summed E-state index contributed by atoms with van der Waals surface area (Å²) in [5.41, 5.74) is -0.283. The molecule has 0 atom stereocenters. The molecule has 2 aromatic carbocycles. The first-order chi connectivity index (χ1) is 15.3. The van der Waals surface area contributed by atoms with Crippen LogP contribution in [0.4, 0.5) is 19.0 Å². The van der Waals surface area contributed by atoms with Crippen LogP contribution in [-0.4, -0.2) is 36.4 Å². The van der Waals surface area contributed by atoms with Crippen molar-refractivity contribution in [3.05, 3.63) is 71.9 Å². The molecule has 5 nitrogen and oxygen atoms in total. The lowest BCUT2D eigenvalue weighted by Crippen LogP contribution is -2.37. The highest BCUT2D eigenvalue weighted by Crippen LogP contribution is 2.30. The predicted molar refractivity (Wildman–Crippen MR) is 113 cm³/mol. The van der Waals surface area contributed by atoms with Crippen LogP contribution < -0.4 is 4.90 Å². The van der Waals surface area contributed by atoms with Crippen molar-refractivity contribution < 1.29 is 27.5 Å². The van der Waals surface area contributed by atoms with E-state index in [0.717, 1.165) is 23.0 Å². The van der Waals surface area contributed by atoms with E-state index in [-0.39, 0.29) is 18.3 Å². The fourth-order valence-electron chi connectivity index (χ4n) is 3.89. The maximum atomic E-state index is 12.7. The SMILES string of the molecule is O=C(COC(=O)C1CCN(c2ccc(C(F)(F)F)cn2)CC1)c1cccc2ccccc12. The number of benzene rings is 2. The third-order valence-corrected chi connectivity index (χ3v) is 5.66. The molecule has 3 aromatic rings. The van der Waals surface area contributed by atoms with Crippen molar-refractivity contribution in [2.45, 2.75) is 19.0 Å². The van der Waals surface area contributed by atoms with Gasteiger partial charge < -0.3 is 9.64 Å². The molecule has 0 bridgehead atoms. The second-order valence-corrected chi connectivity index (χ2v) is 7.72. The number of Topliss-reactive ketones (excluding diaryl/α,β-unsaturated/α-hetero) is 1. The van der Waals surface area contributed by atoms with Gasteiger partial charge in [-0.15, -0.1) is 0 Å². The summed E-state index contributed by atoms with van der Waals surface area (Å²) in [7, 11) is 0. The number of halogens is 3. The maximum absolute atomic E-state index is 12.7. The molecule has 0 aliphatic carbocycles. The molecule has 4 rings (SSSR count). The fraction of sp³-hybridized carbons (Fsp3) is 0.292. The Balaban J connectivity index is 1.30. The summed E-state index contributed by atoms with van der Waals surface area (Å²) in [5, 5.41) is 1.75. The quantitative estimate of drug-likeness (QED) is 0.416. The number of esters is 1. The summed E-state index contributed by atoms with van der Waals surface area (Å²) in [5.74, 6) is -0.614. The van der Waals surface area contributed by atoms with Gasteiger partial charge in [-0.3, -0.25) is 9.59 Å². The number of hydrogen-bond donors (Lipinski definition) is 0. The van der Waals surface area contributed by atoms with Crippen molar-refractivity contribution in [1.82, 2.24) is 4.98 Å². The average Bonchev–Trinajstić information content (AvgIpc) is 2.81. The minimum absolute atomic E-state index is 0.262. The van der Waals surface area contributed by atoms with Gasteiger partial charge in [0.2, 0.25) is 5.78 Å². The van der Waals surface area contributed by atoms with Crippen molar-refractivity contribution in [1.29, 1.82) is 0 Å².